The van der Waals surface area contributed by atoms with Crippen molar-refractivity contribution in [2.24, 2.45) is 0 Å². The Balaban J connectivity index is 2.83. The Bertz CT molecular complexity index is 724. The molecule has 1 aromatic heterocycles. The predicted molar refractivity (Wildman–Crippen MR) is 81.7 cm³/mol. The summed E-state index contributed by atoms with van der Waals surface area (Å²) >= 11 is 0.875. The number of carbonyl (C=O) groups is 1. The van der Waals surface area contributed by atoms with E-state index in [2.05, 4.69) is 4.72 Å². The monoisotopic (exact) mass is 355 g/mol. The molecule has 0 aliphatic rings. The molecular weight excluding hydrogens is 338 g/mol. The SMILES string of the molecule is CC(C)(C)OC(=O)c1ccc(NS(=O)(=O)CS(C)(=O)=O)s1. The molecular formula is C11H17NO6S3. The van der Waals surface area contributed by atoms with Crippen molar-refractivity contribution < 1.29 is 26.4 Å². The molecule has 0 aliphatic carbocycles. The van der Waals surface area contributed by atoms with Crippen molar-refractivity contribution in [1.29, 1.82) is 0 Å². The van der Waals surface area contributed by atoms with Gasteiger partial charge in [0.25, 0.3) is 0 Å². The average Bonchev–Trinajstić information content (AvgIpc) is 2.57. The lowest BCUT2D eigenvalue weighted by Crippen LogP contribution is -2.23. The second-order valence-corrected chi connectivity index (χ2v) is 10.7. The quantitative estimate of drug-likeness (QED) is 0.801. The summed E-state index contributed by atoms with van der Waals surface area (Å²) in [5, 5.41) is -0.862. The minimum absolute atomic E-state index is 0.152. The van der Waals surface area contributed by atoms with E-state index in [1.54, 1.807) is 20.8 Å². The van der Waals surface area contributed by atoms with E-state index in [1.165, 1.54) is 12.1 Å². The molecule has 0 fully saturated rings. The Hall–Kier alpha value is -1.13. The minimum atomic E-state index is -4.02. The molecule has 0 atom stereocenters. The second-order valence-electron chi connectivity index (χ2n) is 5.43. The topological polar surface area (TPSA) is 107 Å². The molecule has 21 heavy (non-hydrogen) atoms. The van der Waals surface area contributed by atoms with E-state index in [0.717, 1.165) is 17.6 Å². The van der Waals surface area contributed by atoms with Crippen LogP contribution in [0.25, 0.3) is 0 Å². The Kier molecular flexibility index (Phi) is 5.06. The lowest BCUT2D eigenvalue weighted by atomic mass is 10.2. The molecule has 0 amide bonds. The van der Waals surface area contributed by atoms with Crippen LogP contribution < -0.4 is 4.72 Å². The van der Waals surface area contributed by atoms with Crippen LogP contribution in [-0.2, 0) is 24.6 Å². The molecule has 1 heterocycles. The summed E-state index contributed by atoms with van der Waals surface area (Å²) in [5.74, 6) is -0.568. The average molecular weight is 355 g/mol. The van der Waals surface area contributed by atoms with Gasteiger partial charge in [-0.25, -0.2) is 21.6 Å². The number of esters is 1. The number of ether oxygens (including phenoxy) is 1. The number of sulfonamides is 1. The molecule has 0 saturated carbocycles. The highest BCUT2D eigenvalue weighted by Crippen LogP contribution is 2.25. The van der Waals surface area contributed by atoms with Gasteiger partial charge in [-0.3, -0.25) is 4.72 Å². The van der Waals surface area contributed by atoms with Gasteiger partial charge in [-0.2, -0.15) is 0 Å². The third-order valence-electron chi connectivity index (χ3n) is 1.83. The maximum atomic E-state index is 11.8. The first-order chi connectivity index (χ1) is 9.27. The zero-order chi connectivity index (χ0) is 16.5. The van der Waals surface area contributed by atoms with Crippen molar-refractivity contribution >= 4 is 42.2 Å². The van der Waals surface area contributed by atoms with Crippen molar-refractivity contribution in [3.05, 3.63) is 17.0 Å². The van der Waals surface area contributed by atoms with Gasteiger partial charge in [0.1, 0.15) is 15.5 Å². The van der Waals surface area contributed by atoms with Gasteiger partial charge in [-0.15, -0.1) is 11.3 Å². The van der Waals surface area contributed by atoms with Crippen molar-refractivity contribution in [3.63, 3.8) is 0 Å². The van der Waals surface area contributed by atoms with Crippen molar-refractivity contribution in [3.8, 4) is 0 Å². The zero-order valence-electron chi connectivity index (χ0n) is 12.0. The fourth-order valence-electron chi connectivity index (χ4n) is 1.30. The van der Waals surface area contributed by atoms with Gasteiger partial charge >= 0.3 is 5.97 Å². The molecule has 1 N–H and O–H groups in total. The normalized spacial score (nSPS) is 13.0. The molecule has 0 saturated heterocycles. The molecule has 0 spiro atoms. The van der Waals surface area contributed by atoms with Gasteiger partial charge in [0.15, 0.2) is 14.9 Å². The van der Waals surface area contributed by atoms with E-state index >= 15 is 0 Å². The van der Waals surface area contributed by atoms with Crippen LogP contribution in [0.5, 0.6) is 0 Å². The number of carbonyl (C=O) groups excluding carboxylic acids is 1. The second kappa shape index (κ2) is 5.93. The van der Waals surface area contributed by atoms with Crippen LogP contribution in [0.4, 0.5) is 5.00 Å². The smallest absolute Gasteiger partial charge is 0.348 e. The Labute approximate surface area is 128 Å². The lowest BCUT2D eigenvalue weighted by Gasteiger charge is -2.18. The van der Waals surface area contributed by atoms with Crippen LogP contribution in [0.2, 0.25) is 0 Å². The summed E-state index contributed by atoms with van der Waals surface area (Å²) in [6.07, 6.45) is 0.826. The molecule has 120 valence electrons. The van der Waals surface area contributed by atoms with Crippen molar-refractivity contribution in [2.45, 2.75) is 26.4 Å². The Morgan fingerprint density at radius 3 is 2.29 bits per heavy atom. The van der Waals surface area contributed by atoms with Crippen LogP contribution in [0, 0.1) is 0 Å². The highest BCUT2D eigenvalue weighted by Gasteiger charge is 2.22. The summed E-state index contributed by atoms with van der Waals surface area (Å²) in [4.78, 5) is 12.0. The van der Waals surface area contributed by atoms with Crippen LogP contribution in [0.3, 0.4) is 0 Å². The van der Waals surface area contributed by atoms with Gasteiger partial charge < -0.3 is 4.74 Å². The number of hydrogen-bond acceptors (Lipinski definition) is 7. The number of nitrogens with one attached hydrogen (secondary N) is 1. The van der Waals surface area contributed by atoms with E-state index in [0.29, 0.717) is 0 Å². The molecule has 0 unspecified atom stereocenters. The first-order valence-corrected chi connectivity index (χ1v) is 10.3. The molecule has 0 aromatic carbocycles. The summed E-state index contributed by atoms with van der Waals surface area (Å²) in [6, 6.07) is 2.79. The molecule has 10 heteroatoms. The largest absolute Gasteiger partial charge is 0.456 e. The number of rotatable bonds is 5. The maximum absolute atomic E-state index is 11.8. The van der Waals surface area contributed by atoms with E-state index in [4.69, 9.17) is 4.74 Å². The number of anilines is 1. The summed E-state index contributed by atoms with van der Waals surface area (Å²) in [5.41, 5.74) is -0.656. The number of thiophene rings is 1. The van der Waals surface area contributed by atoms with Gasteiger partial charge in [0.2, 0.25) is 10.0 Å². The maximum Gasteiger partial charge on any atom is 0.348 e. The number of sulfone groups is 1. The number of hydrogen-bond donors (Lipinski definition) is 1. The minimum Gasteiger partial charge on any atom is -0.456 e. The Morgan fingerprint density at radius 1 is 1.24 bits per heavy atom. The van der Waals surface area contributed by atoms with E-state index < -0.39 is 36.5 Å². The summed E-state index contributed by atoms with van der Waals surface area (Å²) in [7, 11) is -7.69. The zero-order valence-corrected chi connectivity index (χ0v) is 14.5. The molecule has 7 nitrogen and oxygen atoms in total. The van der Waals surface area contributed by atoms with Crippen LogP contribution in [0.1, 0.15) is 30.4 Å². The van der Waals surface area contributed by atoms with Crippen LogP contribution >= 0.6 is 11.3 Å². The van der Waals surface area contributed by atoms with Crippen LogP contribution in [-0.4, -0.2) is 39.7 Å². The first kappa shape index (κ1) is 17.9. The third kappa shape index (κ3) is 6.91. The van der Waals surface area contributed by atoms with Crippen molar-refractivity contribution in [1.82, 2.24) is 0 Å². The van der Waals surface area contributed by atoms with Gasteiger partial charge in [0, 0.05) is 6.26 Å². The van der Waals surface area contributed by atoms with E-state index in [1.807, 2.05) is 0 Å². The van der Waals surface area contributed by atoms with Crippen LogP contribution in [0.15, 0.2) is 12.1 Å². The van der Waals surface area contributed by atoms with Gasteiger partial charge in [-0.1, -0.05) is 0 Å². The molecule has 0 aliphatic heterocycles. The Morgan fingerprint density at radius 2 is 1.81 bits per heavy atom. The lowest BCUT2D eigenvalue weighted by molar-refractivity contribution is 0.00752. The summed E-state index contributed by atoms with van der Waals surface area (Å²) in [6.45, 7) is 5.15. The molecule has 1 rings (SSSR count). The van der Waals surface area contributed by atoms with Gasteiger partial charge in [-0.05, 0) is 32.9 Å². The van der Waals surface area contributed by atoms with E-state index in [9.17, 15) is 21.6 Å². The summed E-state index contributed by atoms with van der Waals surface area (Å²) < 4.78 is 52.5. The predicted octanol–water partition coefficient (Wildman–Crippen LogP) is 1.45. The first-order valence-electron chi connectivity index (χ1n) is 5.79. The fourth-order valence-corrected chi connectivity index (χ4v) is 5.34. The molecule has 1 aromatic rings. The fraction of sp³-hybridized carbons (Fsp3) is 0.545. The highest BCUT2D eigenvalue weighted by molar-refractivity contribution is 8.08. The van der Waals surface area contributed by atoms with E-state index in [-0.39, 0.29) is 9.88 Å². The highest BCUT2D eigenvalue weighted by atomic mass is 32.3. The van der Waals surface area contributed by atoms with Gasteiger partial charge in [0.05, 0.1) is 0 Å². The third-order valence-corrected chi connectivity index (χ3v) is 6.43. The molecule has 0 bridgehead atoms. The standard InChI is InChI=1S/C11H17NO6S3/c1-11(2,3)18-10(13)8-5-6-9(19-8)12-21(16,17)7-20(4,14)15/h5-6,12H,7H2,1-4H3. The van der Waals surface area contributed by atoms with Crippen molar-refractivity contribution in [2.75, 3.05) is 16.1 Å². The molecule has 0 radical (unpaired) electrons.